The summed E-state index contributed by atoms with van der Waals surface area (Å²) in [5.74, 6) is -1.12. The molecule has 1 fully saturated rings. The number of amides is 1. The number of aromatic carboxylic acids is 1. The molecule has 1 aliphatic rings. The van der Waals surface area contributed by atoms with Crippen LogP contribution in [0.15, 0.2) is 22.7 Å². The average Bonchev–Trinajstić information content (AvgIpc) is 2.35. The van der Waals surface area contributed by atoms with Gasteiger partial charge in [0.1, 0.15) is 0 Å². The van der Waals surface area contributed by atoms with E-state index in [0.717, 1.165) is 19.4 Å². The second kappa shape index (κ2) is 5.56. The van der Waals surface area contributed by atoms with Crippen LogP contribution in [0.5, 0.6) is 0 Å². The van der Waals surface area contributed by atoms with Gasteiger partial charge in [-0.05, 0) is 36.5 Å². The van der Waals surface area contributed by atoms with Crippen LogP contribution in [0.3, 0.4) is 0 Å². The molecule has 0 radical (unpaired) electrons. The number of benzene rings is 1. The highest BCUT2D eigenvalue weighted by Gasteiger charge is 2.29. The fraction of sp³-hybridized carbons (Fsp3) is 0.467. The molecular formula is C15H18BrNO3. The molecule has 1 saturated heterocycles. The summed E-state index contributed by atoms with van der Waals surface area (Å²) in [4.78, 5) is 25.4. The van der Waals surface area contributed by atoms with Gasteiger partial charge in [-0.3, -0.25) is 4.79 Å². The molecule has 1 aromatic carbocycles. The summed E-state index contributed by atoms with van der Waals surface area (Å²) in [6.45, 7) is 5.74. The fourth-order valence-electron chi connectivity index (χ4n) is 2.62. The van der Waals surface area contributed by atoms with Crippen LogP contribution in [-0.2, 0) is 0 Å². The number of hydrogen-bond acceptors (Lipinski definition) is 2. The third-order valence-corrected chi connectivity index (χ3v) is 4.04. The van der Waals surface area contributed by atoms with Crippen molar-refractivity contribution in [2.45, 2.75) is 26.7 Å². The molecule has 1 heterocycles. The number of nitrogens with zero attached hydrogens (tertiary/aromatic N) is 1. The molecule has 1 amide bonds. The Morgan fingerprint density at radius 1 is 1.25 bits per heavy atom. The molecule has 0 atom stereocenters. The lowest BCUT2D eigenvalue weighted by Crippen LogP contribution is -2.43. The molecule has 0 unspecified atom stereocenters. The molecule has 0 aromatic heterocycles. The average molecular weight is 340 g/mol. The van der Waals surface area contributed by atoms with E-state index in [4.69, 9.17) is 5.11 Å². The molecule has 2 rings (SSSR count). The van der Waals surface area contributed by atoms with Crippen molar-refractivity contribution in [3.63, 3.8) is 0 Å². The summed E-state index contributed by atoms with van der Waals surface area (Å²) in [6, 6.07) is 4.62. The Morgan fingerprint density at radius 2 is 1.90 bits per heavy atom. The lowest BCUT2D eigenvalue weighted by Gasteiger charge is -2.38. The van der Waals surface area contributed by atoms with E-state index in [2.05, 4.69) is 29.8 Å². The van der Waals surface area contributed by atoms with Gasteiger partial charge in [-0.25, -0.2) is 4.79 Å². The third-order valence-electron chi connectivity index (χ3n) is 3.58. The number of halogens is 1. The molecule has 0 aliphatic carbocycles. The Morgan fingerprint density at radius 3 is 2.50 bits per heavy atom. The summed E-state index contributed by atoms with van der Waals surface area (Å²) >= 11 is 3.26. The predicted molar refractivity (Wildman–Crippen MR) is 80.0 cm³/mol. The Bertz CT molecular complexity index is 554. The maximum atomic E-state index is 12.5. The molecule has 1 aromatic rings. The maximum absolute atomic E-state index is 12.5. The van der Waals surface area contributed by atoms with Crippen LogP contribution < -0.4 is 0 Å². The third kappa shape index (κ3) is 3.39. The van der Waals surface area contributed by atoms with Gasteiger partial charge in [0.25, 0.3) is 5.91 Å². The minimum absolute atomic E-state index is 0.0958. The van der Waals surface area contributed by atoms with Gasteiger partial charge in [0, 0.05) is 23.1 Å². The van der Waals surface area contributed by atoms with Crippen molar-refractivity contribution in [3.8, 4) is 0 Å². The van der Waals surface area contributed by atoms with Crippen LogP contribution in [0, 0.1) is 5.41 Å². The molecule has 1 aliphatic heterocycles. The van der Waals surface area contributed by atoms with E-state index in [1.807, 2.05) is 4.90 Å². The Balaban J connectivity index is 2.27. The second-order valence-corrected chi connectivity index (χ2v) is 6.94. The van der Waals surface area contributed by atoms with Crippen LogP contribution in [0.4, 0.5) is 0 Å². The van der Waals surface area contributed by atoms with Crippen molar-refractivity contribution < 1.29 is 14.7 Å². The highest BCUT2D eigenvalue weighted by atomic mass is 79.9. The lowest BCUT2D eigenvalue weighted by atomic mass is 9.84. The van der Waals surface area contributed by atoms with Crippen LogP contribution in [0.2, 0.25) is 0 Å². The molecule has 108 valence electrons. The van der Waals surface area contributed by atoms with Crippen molar-refractivity contribution in [2.75, 3.05) is 13.1 Å². The number of carbonyl (C=O) groups is 2. The minimum Gasteiger partial charge on any atom is -0.478 e. The normalized spacial score (nSPS) is 17.9. The van der Waals surface area contributed by atoms with E-state index in [1.54, 1.807) is 6.07 Å². The van der Waals surface area contributed by atoms with Gasteiger partial charge in [0.15, 0.2) is 0 Å². The number of carboxylic acid groups (broad SMARTS) is 1. The SMILES string of the molecule is CC1(C)CCCN(C(=O)c2cc(Br)cc(C(=O)O)c2)C1. The molecule has 1 N–H and O–H groups in total. The first-order chi connectivity index (χ1) is 9.28. The van der Waals surface area contributed by atoms with E-state index in [9.17, 15) is 9.59 Å². The highest BCUT2D eigenvalue weighted by molar-refractivity contribution is 9.10. The summed E-state index contributed by atoms with van der Waals surface area (Å²) < 4.78 is 0.608. The largest absolute Gasteiger partial charge is 0.478 e. The zero-order chi connectivity index (χ0) is 14.9. The summed E-state index contributed by atoms with van der Waals surface area (Å²) in [6.07, 6.45) is 2.09. The van der Waals surface area contributed by atoms with Gasteiger partial charge in [-0.1, -0.05) is 29.8 Å². The first-order valence-corrected chi connectivity index (χ1v) is 7.41. The molecule has 20 heavy (non-hydrogen) atoms. The Hall–Kier alpha value is -1.36. The van der Waals surface area contributed by atoms with Gasteiger partial charge >= 0.3 is 5.97 Å². The van der Waals surface area contributed by atoms with Gasteiger partial charge in [-0.2, -0.15) is 0 Å². The van der Waals surface area contributed by atoms with Crippen LogP contribution in [0.1, 0.15) is 47.4 Å². The standard InChI is InChI=1S/C15H18BrNO3/c1-15(2)4-3-5-17(9-15)13(18)10-6-11(14(19)20)8-12(16)7-10/h6-8H,3-5,9H2,1-2H3,(H,19,20). The van der Waals surface area contributed by atoms with Gasteiger partial charge < -0.3 is 10.0 Å². The summed E-state index contributed by atoms with van der Waals surface area (Å²) in [5.41, 5.74) is 0.670. The zero-order valence-corrected chi connectivity index (χ0v) is 13.2. The highest BCUT2D eigenvalue weighted by Crippen LogP contribution is 2.29. The van der Waals surface area contributed by atoms with E-state index >= 15 is 0 Å². The van der Waals surface area contributed by atoms with Gasteiger partial charge in [-0.15, -0.1) is 0 Å². The van der Waals surface area contributed by atoms with Gasteiger partial charge in [0.05, 0.1) is 5.56 Å². The first-order valence-electron chi connectivity index (χ1n) is 6.62. The van der Waals surface area contributed by atoms with Gasteiger partial charge in [0.2, 0.25) is 0 Å². The smallest absolute Gasteiger partial charge is 0.335 e. The number of hydrogen-bond donors (Lipinski definition) is 1. The topological polar surface area (TPSA) is 57.6 Å². The first kappa shape index (κ1) is 15.0. The minimum atomic E-state index is -1.03. The Kier molecular flexibility index (Phi) is 4.18. The number of carbonyl (C=O) groups excluding carboxylic acids is 1. The quantitative estimate of drug-likeness (QED) is 0.898. The molecule has 4 nitrogen and oxygen atoms in total. The lowest BCUT2D eigenvalue weighted by molar-refractivity contribution is 0.0583. The summed E-state index contributed by atoms with van der Waals surface area (Å²) in [5, 5.41) is 9.06. The molecular weight excluding hydrogens is 322 g/mol. The van der Waals surface area contributed by atoms with Crippen LogP contribution in [0.25, 0.3) is 0 Å². The maximum Gasteiger partial charge on any atom is 0.335 e. The number of carboxylic acids is 1. The molecule has 5 heteroatoms. The molecule has 0 bridgehead atoms. The number of likely N-dealkylation sites (tertiary alicyclic amines) is 1. The van der Waals surface area contributed by atoms with E-state index in [0.29, 0.717) is 16.6 Å². The fourth-order valence-corrected chi connectivity index (χ4v) is 3.11. The van der Waals surface area contributed by atoms with E-state index < -0.39 is 5.97 Å². The van der Waals surface area contributed by atoms with Crippen molar-refractivity contribution in [3.05, 3.63) is 33.8 Å². The van der Waals surface area contributed by atoms with Crippen molar-refractivity contribution in [2.24, 2.45) is 5.41 Å². The predicted octanol–water partition coefficient (Wildman–Crippen LogP) is 3.41. The van der Waals surface area contributed by atoms with Crippen molar-refractivity contribution >= 4 is 27.8 Å². The van der Waals surface area contributed by atoms with E-state index in [1.165, 1.54) is 12.1 Å². The van der Waals surface area contributed by atoms with Crippen LogP contribution in [-0.4, -0.2) is 35.0 Å². The monoisotopic (exact) mass is 339 g/mol. The zero-order valence-electron chi connectivity index (χ0n) is 11.6. The van der Waals surface area contributed by atoms with E-state index in [-0.39, 0.29) is 16.9 Å². The summed E-state index contributed by atoms with van der Waals surface area (Å²) in [7, 11) is 0. The molecule has 0 saturated carbocycles. The van der Waals surface area contributed by atoms with Crippen molar-refractivity contribution in [1.82, 2.24) is 4.90 Å². The Labute approximate surface area is 126 Å². The number of rotatable bonds is 2. The van der Waals surface area contributed by atoms with Crippen LogP contribution >= 0.6 is 15.9 Å². The molecule has 0 spiro atoms. The number of piperidine rings is 1. The van der Waals surface area contributed by atoms with Crippen molar-refractivity contribution in [1.29, 1.82) is 0 Å². The second-order valence-electron chi connectivity index (χ2n) is 6.03.